The van der Waals surface area contributed by atoms with Gasteiger partial charge < -0.3 is 5.32 Å². The Balaban J connectivity index is 1.84. The largest absolute Gasteiger partial charge is 0.433 e. The quantitative estimate of drug-likeness (QED) is 0.462. The van der Waals surface area contributed by atoms with Gasteiger partial charge in [0, 0.05) is 17.0 Å². The maximum Gasteiger partial charge on any atom is 0.433 e. The molecule has 1 aromatic heterocycles. The van der Waals surface area contributed by atoms with E-state index in [1.54, 1.807) is 18.2 Å². The fraction of sp³-hybridized carbons (Fsp3) is 0.150. The highest BCUT2D eigenvalue weighted by Gasteiger charge is 2.35. The van der Waals surface area contributed by atoms with Crippen LogP contribution in [0.3, 0.4) is 0 Å². The number of benzene rings is 2. The third kappa shape index (κ3) is 5.96. The summed E-state index contributed by atoms with van der Waals surface area (Å²) in [5.41, 5.74) is -1.11. The molecule has 0 saturated carbocycles. The summed E-state index contributed by atoms with van der Waals surface area (Å²) in [4.78, 5) is 19.2. The molecule has 1 amide bonds. The molecular formula is C20H14Cl2F3N3O3S. The van der Waals surface area contributed by atoms with Crippen molar-refractivity contribution in [3.05, 3.63) is 70.3 Å². The molecular weight excluding hydrogens is 490 g/mol. The molecule has 0 spiro atoms. The molecule has 3 rings (SSSR count). The number of aromatic nitrogens is 2. The van der Waals surface area contributed by atoms with E-state index >= 15 is 0 Å². The predicted molar refractivity (Wildman–Crippen MR) is 114 cm³/mol. The summed E-state index contributed by atoms with van der Waals surface area (Å²) in [6.45, 7) is 0. The molecule has 0 saturated heterocycles. The van der Waals surface area contributed by atoms with Crippen molar-refractivity contribution >= 4 is 44.6 Å². The molecule has 12 heteroatoms. The Kier molecular flexibility index (Phi) is 7.06. The molecule has 168 valence electrons. The molecule has 0 unspecified atom stereocenters. The van der Waals surface area contributed by atoms with Crippen molar-refractivity contribution in [2.75, 3.05) is 11.1 Å². The molecule has 0 aliphatic rings. The first-order valence-electron chi connectivity index (χ1n) is 8.95. The molecule has 2 aromatic carbocycles. The number of nitrogens with one attached hydrogen (secondary N) is 1. The fourth-order valence-corrected chi connectivity index (χ4v) is 4.16. The number of halogens is 5. The number of alkyl halides is 3. The van der Waals surface area contributed by atoms with E-state index in [0.717, 1.165) is 0 Å². The van der Waals surface area contributed by atoms with Crippen LogP contribution in [-0.2, 0) is 20.8 Å². The standard InChI is InChI=1S/C20H14Cl2F3N3O3S/c21-13-6-7-15(14(22)10-13)26-18(29)8-9-32(30,31)19-27-16(12-4-2-1-3-5-12)11-17(28-19)20(23,24)25/h1-7,10-11H,8-9H2,(H,26,29). The summed E-state index contributed by atoms with van der Waals surface area (Å²) in [6.07, 6.45) is -5.44. The highest BCUT2D eigenvalue weighted by atomic mass is 35.5. The van der Waals surface area contributed by atoms with Gasteiger partial charge in [0.2, 0.25) is 20.9 Å². The second-order valence-electron chi connectivity index (χ2n) is 6.53. The van der Waals surface area contributed by atoms with Crippen molar-refractivity contribution in [2.24, 2.45) is 0 Å². The van der Waals surface area contributed by atoms with Crippen LogP contribution in [0.2, 0.25) is 10.0 Å². The highest BCUT2D eigenvalue weighted by Crippen LogP contribution is 2.31. The van der Waals surface area contributed by atoms with Crippen molar-refractivity contribution in [3.8, 4) is 11.3 Å². The van der Waals surface area contributed by atoms with E-state index < -0.39 is 44.9 Å². The van der Waals surface area contributed by atoms with E-state index in [9.17, 15) is 26.4 Å². The van der Waals surface area contributed by atoms with Crippen LogP contribution >= 0.6 is 23.2 Å². The van der Waals surface area contributed by atoms with Crippen LogP contribution in [-0.4, -0.2) is 30.0 Å². The number of sulfone groups is 1. The van der Waals surface area contributed by atoms with Crippen molar-refractivity contribution in [2.45, 2.75) is 17.8 Å². The lowest BCUT2D eigenvalue weighted by atomic mass is 10.1. The van der Waals surface area contributed by atoms with E-state index in [1.165, 1.54) is 30.3 Å². The Morgan fingerprint density at radius 3 is 2.31 bits per heavy atom. The van der Waals surface area contributed by atoms with Crippen LogP contribution in [0.15, 0.2) is 59.8 Å². The summed E-state index contributed by atoms with van der Waals surface area (Å²) in [5, 5.41) is 1.89. The SMILES string of the molecule is O=C(CCS(=O)(=O)c1nc(-c2ccccc2)cc(C(F)(F)F)n1)Nc1ccc(Cl)cc1Cl. The lowest BCUT2D eigenvalue weighted by Gasteiger charge is -2.11. The summed E-state index contributed by atoms with van der Waals surface area (Å²) in [7, 11) is -4.41. The zero-order chi connectivity index (χ0) is 23.5. The first-order chi connectivity index (χ1) is 15.0. The third-order valence-electron chi connectivity index (χ3n) is 4.15. The molecule has 0 bridgehead atoms. The summed E-state index contributed by atoms with van der Waals surface area (Å²) in [5.74, 6) is -1.52. The molecule has 32 heavy (non-hydrogen) atoms. The van der Waals surface area contributed by atoms with Crippen LogP contribution in [0.4, 0.5) is 18.9 Å². The van der Waals surface area contributed by atoms with E-state index in [1.807, 2.05) is 0 Å². The number of carbonyl (C=O) groups is 1. The van der Waals surface area contributed by atoms with Gasteiger partial charge >= 0.3 is 6.18 Å². The number of hydrogen-bond acceptors (Lipinski definition) is 5. The van der Waals surface area contributed by atoms with Crippen molar-refractivity contribution in [3.63, 3.8) is 0 Å². The predicted octanol–water partition coefficient (Wildman–Crippen LogP) is 5.27. The first kappa shape index (κ1) is 24.0. The molecule has 0 aliphatic carbocycles. The van der Waals surface area contributed by atoms with Crippen molar-refractivity contribution in [1.82, 2.24) is 9.97 Å². The number of anilines is 1. The van der Waals surface area contributed by atoms with Crippen LogP contribution in [0.5, 0.6) is 0 Å². The van der Waals surface area contributed by atoms with E-state index in [0.29, 0.717) is 11.1 Å². The van der Waals surface area contributed by atoms with Gasteiger partial charge in [0.05, 0.1) is 22.2 Å². The number of rotatable bonds is 6. The molecule has 3 aromatic rings. The zero-order valence-electron chi connectivity index (χ0n) is 16.0. The minimum absolute atomic E-state index is 0.141. The van der Waals surface area contributed by atoms with Crippen LogP contribution < -0.4 is 5.32 Å². The normalized spacial score (nSPS) is 11.9. The Labute approximate surface area is 191 Å². The number of amides is 1. The van der Waals surface area contributed by atoms with E-state index in [-0.39, 0.29) is 22.0 Å². The van der Waals surface area contributed by atoms with Crippen molar-refractivity contribution in [1.29, 1.82) is 0 Å². The maximum absolute atomic E-state index is 13.3. The zero-order valence-corrected chi connectivity index (χ0v) is 18.4. The van der Waals surface area contributed by atoms with Gasteiger partial charge in [0.25, 0.3) is 0 Å². The molecule has 6 nitrogen and oxygen atoms in total. The molecule has 0 fully saturated rings. The maximum atomic E-state index is 13.3. The number of nitrogens with zero attached hydrogens (tertiary/aromatic N) is 2. The van der Waals surface area contributed by atoms with Crippen molar-refractivity contribution < 1.29 is 26.4 Å². The van der Waals surface area contributed by atoms with Gasteiger partial charge in [-0.25, -0.2) is 18.4 Å². The highest BCUT2D eigenvalue weighted by molar-refractivity contribution is 7.91. The topological polar surface area (TPSA) is 89.0 Å². The van der Waals surface area contributed by atoms with Gasteiger partial charge in [0.15, 0.2) is 0 Å². The second kappa shape index (κ2) is 9.43. The molecule has 0 atom stereocenters. The van der Waals surface area contributed by atoms with Gasteiger partial charge in [-0.05, 0) is 24.3 Å². The van der Waals surface area contributed by atoms with Gasteiger partial charge in [-0.3, -0.25) is 4.79 Å². The Morgan fingerprint density at radius 1 is 1.00 bits per heavy atom. The lowest BCUT2D eigenvalue weighted by Crippen LogP contribution is -2.20. The van der Waals surface area contributed by atoms with Crippen LogP contribution in [0, 0.1) is 0 Å². The van der Waals surface area contributed by atoms with Crippen LogP contribution in [0.1, 0.15) is 12.1 Å². The average molecular weight is 504 g/mol. The molecule has 1 N–H and O–H groups in total. The summed E-state index contributed by atoms with van der Waals surface area (Å²) >= 11 is 11.7. The number of hydrogen-bond donors (Lipinski definition) is 1. The Morgan fingerprint density at radius 2 is 1.69 bits per heavy atom. The molecule has 0 radical (unpaired) electrons. The van der Waals surface area contributed by atoms with Gasteiger partial charge in [-0.2, -0.15) is 13.2 Å². The van der Waals surface area contributed by atoms with Gasteiger partial charge in [0.1, 0.15) is 5.69 Å². The molecule has 0 aliphatic heterocycles. The third-order valence-corrected chi connectivity index (χ3v) is 6.18. The summed E-state index contributed by atoms with van der Waals surface area (Å²) in [6, 6.07) is 12.7. The summed E-state index contributed by atoms with van der Waals surface area (Å²) < 4.78 is 65.2. The minimum Gasteiger partial charge on any atom is -0.325 e. The fourth-order valence-electron chi connectivity index (χ4n) is 2.59. The molecule has 1 heterocycles. The van der Waals surface area contributed by atoms with Gasteiger partial charge in [-0.1, -0.05) is 53.5 Å². The van der Waals surface area contributed by atoms with E-state index in [4.69, 9.17) is 23.2 Å². The average Bonchev–Trinajstić information content (AvgIpc) is 2.74. The monoisotopic (exact) mass is 503 g/mol. The van der Waals surface area contributed by atoms with Crippen LogP contribution in [0.25, 0.3) is 11.3 Å². The van der Waals surface area contributed by atoms with E-state index in [2.05, 4.69) is 15.3 Å². The Hall–Kier alpha value is -2.69. The second-order valence-corrected chi connectivity index (χ2v) is 9.37. The number of carbonyl (C=O) groups excluding carboxylic acids is 1. The van der Waals surface area contributed by atoms with Gasteiger partial charge in [-0.15, -0.1) is 0 Å². The smallest absolute Gasteiger partial charge is 0.325 e. The lowest BCUT2D eigenvalue weighted by molar-refractivity contribution is -0.141. The minimum atomic E-state index is -4.89. The Bertz CT molecular complexity index is 1250. The first-order valence-corrected chi connectivity index (χ1v) is 11.4.